The number of furan rings is 1. The molecule has 1 amide bonds. The topological polar surface area (TPSA) is 71.7 Å². The molecule has 0 atom stereocenters. The Kier molecular flexibility index (Phi) is 4.04. The third-order valence-electron chi connectivity index (χ3n) is 3.72. The minimum atomic E-state index is -0.326. The van der Waals surface area contributed by atoms with E-state index in [0.717, 1.165) is 16.5 Å². The molecule has 1 aromatic heterocycles. The molecule has 3 aromatic rings. The van der Waals surface area contributed by atoms with Crippen LogP contribution >= 0.6 is 0 Å². The predicted octanol–water partition coefficient (Wildman–Crippen LogP) is 3.49. The number of hydrogen-bond donors (Lipinski definition) is 2. The van der Waals surface area contributed by atoms with Gasteiger partial charge in [-0.05, 0) is 42.8 Å². The van der Waals surface area contributed by atoms with Crippen molar-refractivity contribution in [2.24, 2.45) is 0 Å². The molecule has 0 aliphatic carbocycles. The molecule has 0 saturated heterocycles. The minimum absolute atomic E-state index is 0.0762. The normalized spacial score (nSPS) is 10.7. The van der Waals surface area contributed by atoms with Crippen molar-refractivity contribution in [3.63, 3.8) is 0 Å². The molecule has 3 rings (SSSR count). The molecule has 5 nitrogen and oxygen atoms in total. The summed E-state index contributed by atoms with van der Waals surface area (Å²) in [5.41, 5.74) is 2.74. The Hall–Kier alpha value is -2.79. The van der Waals surface area contributed by atoms with Crippen LogP contribution in [0.3, 0.4) is 0 Å². The summed E-state index contributed by atoms with van der Waals surface area (Å²) in [6.07, 6.45) is 0. The van der Waals surface area contributed by atoms with Crippen LogP contribution < -0.4 is 10.1 Å². The fourth-order valence-electron chi connectivity index (χ4n) is 2.48. The molecule has 5 heteroatoms. The number of methoxy groups -OCH3 is 1. The van der Waals surface area contributed by atoms with Gasteiger partial charge >= 0.3 is 0 Å². The number of carbonyl (C=O) groups excluding carboxylic acids is 1. The van der Waals surface area contributed by atoms with Crippen LogP contribution in [-0.4, -0.2) is 18.1 Å². The first-order valence-corrected chi connectivity index (χ1v) is 7.20. The van der Waals surface area contributed by atoms with Crippen molar-refractivity contribution in [2.75, 3.05) is 12.4 Å². The fourth-order valence-corrected chi connectivity index (χ4v) is 2.48. The molecule has 0 spiro atoms. The van der Waals surface area contributed by atoms with E-state index in [1.54, 1.807) is 43.5 Å². The van der Waals surface area contributed by atoms with Gasteiger partial charge in [-0.15, -0.1) is 0 Å². The van der Waals surface area contributed by atoms with Crippen LogP contribution in [0.4, 0.5) is 5.69 Å². The molecule has 0 saturated carbocycles. The maximum atomic E-state index is 12.5. The number of nitrogens with one attached hydrogen (secondary N) is 1. The quantitative estimate of drug-likeness (QED) is 0.773. The van der Waals surface area contributed by atoms with Crippen LogP contribution in [-0.2, 0) is 6.61 Å². The molecule has 0 fully saturated rings. The SMILES string of the molecule is COc1ccc2oc(C(=O)Nc3cccc(CO)c3)c(C)c2c1. The highest BCUT2D eigenvalue weighted by Gasteiger charge is 2.18. The summed E-state index contributed by atoms with van der Waals surface area (Å²) in [7, 11) is 1.60. The highest BCUT2D eigenvalue weighted by molar-refractivity contribution is 6.06. The summed E-state index contributed by atoms with van der Waals surface area (Å²) in [6, 6.07) is 12.5. The smallest absolute Gasteiger partial charge is 0.291 e. The Balaban J connectivity index is 1.92. The number of benzene rings is 2. The molecule has 0 radical (unpaired) electrons. The molecule has 0 unspecified atom stereocenters. The van der Waals surface area contributed by atoms with Crippen LogP contribution in [0.25, 0.3) is 11.0 Å². The van der Waals surface area contributed by atoms with E-state index in [-0.39, 0.29) is 18.3 Å². The van der Waals surface area contributed by atoms with Crippen molar-refractivity contribution in [2.45, 2.75) is 13.5 Å². The fraction of sp³-hybridized carbons (Fsp3) is 0.167. The lowest BCUT2D eigenvalue weighted by atomic mass is 10.1. The zero-order valence-electron chi connectivity index (χ0n) is 12.9. The van der Waals surface area contributed by atoms with Gasteiger partial charge in [-0.1, -0.05) is 12.1 Å². The zero-order valence-corrected chi connectivity index (χ0v) is 12.9. The van der Waals surface area contributed by atoms with Gasteiger partial charge in [-0.25, -0.2) is 0 Å². The van der Waals surface area contributed by atoms with Gasteiger partial charge in [-0.3, -0.25) is 4.79 Å². The average Bonchev–Trinajstić information content (AvgIpc) is 2.91. The van der Waals surface area contributed by atoms with Crippen LogP contribution in [0.1, 0.15) is 21.7 Å². The van der Waals surface area contributed by atoms with Gasteiger partial charge in [0, 0.05) is 16.6 Å². The summed E-state index contributed by atoms with van der Waals surface area (Å²) in [4.78, 5) is 12.5. The monoisotopic (exact) mass is 311 g/mol. The Morgan fingerprint density at radius 3 is 2.83 bits per heavy atom. The summed E-state index contributed by atoms with van der Waals surface area (Å²) >= 11 is 0. The van der Waals surface area contributed by atoms with Gasteiger partial charge in [0.1, 0.15) is 11.3 Å². The second kappa shape index (κ2) is 6.14. The maximum Gasteiger partial charge on any atom is 0.291 e. The van der Waals surface area contributed by atoms with Gasteiger partial charge in [0.2, 0.25) is 0 Å². The molecule has 0 aliphatic rings. The van der Waals surface area contributed by atoms with Gasteiger partial charge in [0.15, 0.2) is 5.76 Å². The van der Waals surface area contributed by atoms with Gasteiger partial charge < -0.3 is 19.6 Å². The molecular weight excluding hydrogens is 294 g/mol. The number of amides is 1. The lowest BCUT2D eigenvalue weighted by molar-refractivity contribution is 0.0998. The average molecular weight is 311 g/mol. The molecule has 118 valence electrons. The van der Waals surface area contributed by atoms with Crippen LogP contribution in [0.5, 0.6) is 5.75 Å². The minimum Gasteiger partial charge on any atom is -0.497 e. The summed E-state index contributed by atoms with van der Waals surface area (Å²) < 4.78 is 10.9. The molecule has 23 heavy (non-hydrogen) atoms. The molecule has 2 aromatic carbocycles. The highest BCUT2D eigenvalue weighted by Crippen LogP contribution is 2.29. The molecule has 0 bridgehead atoms. The lowest BCUT2D eigenvalue weighted by Crippen LogP contribution is -2.12. The Labute approximate surface area is 133 Å². The van der Waals surface area contributed by atoms with Crippen LogP contribution in [0.2, 0.25) is 0 Å². The van der Waals surface area contributed by atoms with Crippen LogP contribution in [0, 0.1) is 6.92 Å². The van der Waals surface area contributed by atoms with Crippen molar-refractivity contribution in [1.29, 1.82) is 0 Å². The van der Waals surface area contributed by atoms with E-state index >= 15 is 0 Å². The van der Waals surface area contributed by atoms with E-state index in [1.807, 2.05) is 13.0 Å². The summed E-state index contributed by atoms with van der Waals surface area (Å²) in [5.74, 6) is 0.652. The van der Waals surface area contributed by atoms with E-state index in [9.17, 15) is 4.79 Å². The first kappa shape index (κ1) is 15.1. The second-order valence-electron chi connectivity index (χ2n) is 5.23. The largest absolute Gasteiger partial charge is 0.497 e. The van der Waals surface area contributed by atoms with E-state index in [0.29, 0.717) is 17.0 Å². The van der Waals surface area contributed by atoms with E-state index in [2.05, 4.69) is 5.32 Å². The molecular formula is C18H17NO4. The highest BCUT2D eigenvalue weighted by atomic mass is 16.5. The van der Waals surface area contributed by atoms with Crippen molar-refractivity contribution in [3.05, 3.63) is 59.4 Å². The lowest BCUT2D eigenvalue weighted by Gasteiger charge is -2.05. The Morgan fingerprint density at radius 1 is 1.26 bits per heavy atom. The van der Waals surface area contributed by atoms with E-state index < -0.39 is 0 Å². The zero-order chi connectivity index (χ0) is 16.4. The number of fused-ring (bicyclic) bond motifs is 1. The van der Waals surface area contributed by atoms with Crippen molar-refractivity contribution < 1.29 is 19.1 Å². The first-order chi connectivity index (χ1) is 11.1. The third kappa shape index (κ3) is 2.91. The molecule has 1 heterocycles. The Bertz CT molecular complexity index is 867. The van der Waals surface area contributed by atoms with E-state index in [1.165, 1.54) is 0 Å². The van der Waals surface area contributed by atoms with Crippen molar-refractivity contribution >= 4 is 22.6 Å². The third-order valence-corrected chi connectivity index (χ3v) is 3.72. The molecule has 2 N–H and O–H groups in total. The summed E-state index contributed by atoms with van der Waals surface area (Å²) in [5, 5.41) is 12.8. The van der Waals surface area contributed by atoms with Gasteiger partial charge in [0.05, 0.1) is 13.7 Å². The van der Waals surface area contributed by atoms with Gasteiger partial charge in [-0.2, -0.15) is 0 Å². The standard InChI is InChI=1S/C18H17NO4/c1-11-15-9-14(22-2)6-7-16(15)23-17(11)18(21)19-13-5-3-4-12(8-13)10-20/h3-9,20H,10H2,1-2H3,(H,19,21). The first-order valence-electron chi connectivity index (χ1n) is 7.20. The van der Waals surface area contributed by atoms with Crippen LogP contribution in [0.15, 0.2) is 46.9 Å². The van der Waals surface area contributed by atoms with E-state index in [4.69, 9.17) is 14.3 Å². The predicted molar refractivity (Wildman–Crippen MR) is 87.8 cm³/mol. The number of hydrogen-bond acceptors (Lipinski definition) is 4. The number of aryl methyl sites for hydroxylation is 1. The Morgan fingerprint density at radius 2 is 2.09 bits per heavy atom. The molecule has 0 aliphatic heterocycles. The number of ether oxygens (including phenoxy) is 1. The second-order valence-corrected chi connectivity index (χ2v) is 5.23. The number of carbonyl (C=O) groups is 1. The maximum absolute atomic E-state index is 12.5. The van der Waals surface area contributed by atoms with Crippen molar-refractivity contribution in [3.8, 4) is 5.75 Å². The van der Waals surface area contributed by atoms with Gasteiger partial charge in [0.25, 0.3) is 5.91 Å². The number of rotatable bonds is 4. The van der Waals surface area contributed by atoms with Crippen molar-refractivity contribution in [1.82, 2.24) is 0 Å². The number of aliphatic hydroxyl groups is 1. The number of anilines is 1. The summed E-state index contributed by atoms with van der Waals surface area (Å²) in [6.45, 7) is 1.76. The number of aliphatic hydroxyl groups excluding tert-OH is 1.